The molecule has 2 aromatic rings. The first-order valence-electron chi connectivity index (χ1n) is 12.2. The van der Waals surface area contributed by atoms with E-state index in [1.807, 2.05) is 19.1 Å². The number of rotatable bonds is 5. The highest BCUT2D eigenvalue weighted by Crippen LogP contribution is 2.46. The van der Waals surface area contributed by atoms with E-state index in [0.717, 1.165) is 22.4 Å². The van der Waals surface area contributed by atoms with Crippen molar-refractivity contribution in [3.63, 3.8) is 0 Å². The quantitative estimate of drug-likeness (QED) is 0.385. The van der Waals surface area contributed by atoms with Crippen LogP contribution in [-0.2, 0) is 20.9 Å². The van der Waals surface area contributed by atoms with Gasteiger partial charge in [0, 0.05) is 17.0 Å². The Labute approximate surface area is 205 Å². The molecule has 3 amide bonds. The molecular formula is C27H34N2O6. The molecule has 1 aromatic carbocycles. The minimum atomic E-state index is -0.974. The van der Waals surface area contributed by atoms with Gasteiger partial charge in [-0.3, -0.25) is 14.5 Å². The van der Waals surface area contributed by atoms with Gasteiger partial charge in [-0.25, -0.2) is 9.59 Å². The van der Waals surface area contributed by atoms with Crippen molar-refractivity contribution in [3.8, 4) is 0 Å². The van der Waals surface area contributed by atoms with Crippen LogP contribution in [0.2, 0.25) is 0 Å². The molecule has 1 saturated heterocycles. The lowest BCUT2D eigenvalue weighted by Gasteiger charge is -2.43. The van der Waals surface area contributed by atoms with Crippen molar-refractivity contribution in [2.75, 3.05) is 6.54 Å². The van der Waals surface area contributed by atoms with Crippen LogP contribution in [0.4, 0.5) is 4.79 Å². The minimum absolute atomic E-state index is 0.0974. The number of imide groups is 1. The van der Waals surface area contributed by atoms with Crippen LogP contribution in [0.1, 0.15) is 76.5 Å². The van der Waals surface area contributed by atoms with Crippen LogP contribution in [0.15, 0.2) is 27.4 Å². The Morgan fingerprint density at radius 1 is 1.20 bits per heavy atom. The molecule has 1 aromatic heterocycles. The van der Waals surface area contributed by atoms with Gasteiger partial charge in [-0.15, -0.1) is 0 Å². The fraction of sp³-hybridized carbons (Fsp3) is 0.556. The van der Waals surface area contributed by atoms with E-state index in [4.69, 9.17) is 9.15 Å². The summed E-state index contributed by atoms with van der Waals surface area (Å²) in [6.45, 7) is 11.7. The number of carbonyl (C=O) groups is 3. The molecule has 8 heteroatoms. The molecular weight excluding hydrogens is 448 g/mol. The van der Waals surface area contributed by atoms with Gasteiger partial charge in [-0.1, -0.05) is 34.6 Å². The predicted octanol–water partition coefficient (Wildman–Crippen LogP) is 4.40. The third kappa shape index (κ3) is 4.83. The number of nitrogens with zero attached hydrogens (tertiary/aromatic N) is 1. The van der Waals surface area contributed by atoms with E-state index in [0.29, 0.717) is 29.4 Å². The Bertz CT molecular complexity index is 1260. The minimum Gasteiger partial charge on any atom is -0.459 e. The molecule has 0 radical (unpaired) electrons. The Balaban J connectivity index is 1.50. The highest BCUT2D eigenvalue weighted by Gasteiger charge is 2.56. The van der Waals surface area contributed by atoms with E-state index in [-0.39, 0.29) is 29.8 Å². The molecule has 1 saturated carbocycles. The fourth-order valence-corrected chi connectivity index (χ4v) is 6.12. The lowest BCUT2D eigenvalue weighted by molar-refractivity contribution is -0.149. The smallest absolute Gasteiger partial charge is 0.336 e. The number of ether oxygens (including phenoxy) is 1. The summed E-state index contributed by atoms with van der Waals surface area (Å²) in [4.78, 5) is 51.7. The van der Waals surface area contributed by atoms with Gasteiger partial charge in [0.05, 0.1) is 0 Å². The number of esters is 1. The van der Waals surface area contributed by atoms with Crippen LogP contribution in [-0.4, -0.2) is 34.9 Å². The first kappa shape index (κ1) is 24.9. The lowest BCUT2D eigenvalue weighted by atomic mass is 9.64. The molecule has 35 heavy (non-hydrogen) atoms. The zero-order valence-corrected chi connectivity index (χ0v) is 21.3. The average molecular weight is 483 g/mol. The second kappa shape index (κ2) is 8.81. The van der Waals surface area contributed by atoms with Gasteiger partial charge in [-0.2, -0.15) is 0 Å². The SMILES string of the molecule is Cc1cc2oc(=O)cc(COC(=O)CN3C(=O)N[C@@]4(C[C@H](C)CC(C)(C)C4)C3=O)c2cc1C(C)C. The van der Waals surface area contributed by atoms with Gasteiger partial charge >= 0.3 is 17.6 Å². The molecule has 1 spiro atoms. The number of hydrogen-bond donors (Lipinski definition) is 1. The Hall–Kier alpha value is -3.16. The summed E-state index contributed by atoms with van der Waals surface area (Å²) < 4.78 is 10.8. The fourth-order valence-electron chi connectivity index (χ4n) is 6.12. The van der Waals surface area contributed by atoms with Gasteiger partial charge in [0.15, 0.2) is 0 Å². The van der Waals surface area contributed by atoms with Gasteiger partial charge in [0.2, 0.25) is 0 Å². The second-order valence-corrected chi connectivity index (χ2v) is 11.4. The number of carbonyl (C=O) groups excluding carboxylic acids is 3. The van der Waals surface area contributed by atoms with Crippen molar-refractivity contribution in [1.29, 1.82) is 0 Å². The first-order valence-corrected chi connectivity index (χ1v) is 12.2. The van der Waals surface area contributed by atoms with Gasteiger partial charge in [-0.05, 0) is 66.7 Å². The van der Waals surface area contributed by atoms with E-state index in [2.05, 4.69) is 39.9 Å². The second-order valence-electron chi connectivity index (χ2n) is 11.4. The number of aryl methyl sites for hydroxylation is 1. The topological polar surface area (TPSA) is 106 Å². The molecule has 4 rings (SSSR count). The van der Waals surface area contributed by atoms with Gasteiger partial charge in [0.1, 0.15) is 24.3 Å². The monoisotopic (exact) mass is 482 g/mol. The Morgan fingerprint density at radius 3 is 2.57 bits per heavy atom. The molecule has 2 aliphatic rings. The van der Waals surface area contributed by atoms with Crippen LogP contribution in [0, 0.1) is 18.3 Å². The zero-order chi connectivity index (χ0) is 25.7. The average Bonchev–Trinajstić information content (AvgIpc) is 2.92. The normalized spacial score (nSPS) is 23.9. The molecule has 2 atom stereocenters. The van der Waals surface area contributed by atoms with E-state index < -0.39 is 29.7 Å². The summed E-state index contributed by atoms with van der Waals surface area (Å²) in [5.41, 5.74) is 1.45. The van der Waals surface area contributed by atoms with Crippen LogP contribution in [0.5, 0.6) is 0 Å². The van der Waals surface area contributed by atoms with E-state index in [1.54, 1.807) is 0 Å². The standard InChI is InChI=1S/C27H34N2O6/c1-15(2)19-9-20-18(8-22(30)35-21(20)7-17(19)4)13-34-23(31)12-29-24(32)27(28-25(29)33)11-16(3)10-26(5,6)14-27/h7-9,15-16H,10-14H2,1-6H3,(H,28,33)/t16-,27-/m1/s1. The molecule has 1 aliphatic carbocycles. The zero-order valence-electron chi connectivity index (χ0n) is 21.3. The summed E-state index contributed by atoms with van der Waals surface area (Å²) in [6.07, 6.45) is 2.05. The van der Waals surface area contributed by atoms with Crippen LogP contribution in [0.3, 0.4) is 0 Å². The van der Waals surface area contributed by atoms with Crippen LogP contribution < -0.4 is 10.9 Å². The Morgan fingerprint density at radius 2 is 1.91 bits per heavy atom. The van der Waals surface area contributed by atoms with Gasteiger partial charge < -0.3 is 14.5 Å². The van der Waals surface area contributed by atoms with Crippen molar-refractivity contribution >= 4 is 28.9 Å². The van der Waals surface area contributed by atoms with Crippen LogP contribution in [0.25, 0.3) is 11.0 Å². The third-order valence-corrected chi connectivity index (χ3v) is 7.14. The number of hydrogen-bond acceptors (Lipinski definition) is 6. The maximum Gasteiger partial charge on any atom is 0.336 e. The van der Waals surface area contributed by atoms with Crippen molar-refractivity contribution in [3.05, 3.63) is 45.3 Å². The largest absolute Gasteiger partial charge is 0.459 e. The van der Waals surface area contributed by atoms with Crippen molar-refractivity contribution in [1.82, 2.24) is 10.2 Å². The molecule has 1 aliphatic heterocycles. The molecule has 1 N–H and O–H groups in total. The predicted molar refractivity (Wildman–Crippen MR) is 131 cm³/mol. The molecule has 188 valence electrons. The maximum absolute atomic E-state index is 13.3. The summed E-state index contributed by atoms with van der Waals surface area (Å²) in [6, 6.07) is 4.51. The van der Waals surface area contributed by atoms with Crippen LogP contribution >= 0.6 is 0 Å². The summed E-state index contributed by atoms with van der Waals surface area (Å²) in [7, 11) is 0. The van der Waals surface area contributed by atoms with E-state index in [1.165, 1.54) is 6.07 Å². The van der Waals surface area contributed by atoms with Crippen molar-refractivity contribution in [2.45, 2.75) is 78.9 Å². The lowest BCUT2D eigenvalue weighted by Crippen LogP contribution is -2.54. The number of nitrogens with one attached hydrogen (secondary N) is 1. The number of fused-ring (bicyclic) bond motifs is 1. The van der Waals surface area contributed by atoms with Crippen molar-refractivity contribution in [2.24, 2.45) is 11.3 Å². The Kier molecular flexibility index (Phi) is 6.28. The highest BCUT2D eigenvalue weighted by molar-refractivity contribution is 6.08. The molecule has 2 heterocycles. The van der Waals surface area contributed by atoms with Gasteiger partial charge in [0.25, 0.3) is 5.91 Å². The molecule has 0 bridgehead atoms. The molecule has 8 nitrogen and oxygen atoms in total. The number of benzene rings is 1. The first-order chi connectivity index (χ1) is 16.3. The summed E-state index contributed by atoms with van der Waals surface area (Å²) in [5, 5.41) is 3.56. The molecule has 0 unspecified atom stereocenters. The molecule has 2 fully saturated rings. The maximum atomic E-state index is 13.3. The highest BCUT2D eigenvalue weighted by atomic mass is 16.5. The van der Waals surface area contributed by atoms with Crippen molar-refractivity contribution < 1.29 is 23.5 Å². The third-order valence-electron chi connectivity index (χ3n) is 7.14. The summed E-state index contributed by atoms with van der Waals surface area (Å²) in [5.74, 6) is -0.554. The van der Waals surface area contributed by atoms with E-state index in [9.17, 15) is 19.2 Å². The number of amides is 3. The summed E-state index contributed by atoms with van der Waals surface area (Å²) >= 11 is 0. The van der Waals surface area contributed by atoms with E-state index >= 15 is 0 Å². The number of urea groups is 1.